The van der Waals surface area contributed by atoms with Gasteiger partial charge in [-0.3, -0.25) is 19.7 Å². The summed E-state index contributed by atoms with van der Waals surface area (Å²) in [7, 11) is 1.34. The van der Waals surface area contributed by atoms with Crippen LogP contribution in [0.1, 0.15) is 87.9 Å². The Morgan fingerprint density at radius 3 is 2.47 bits per heavy atom. The quantitative estimate of drug-likeness (QED) is 0.0524. The lowest BCUT2D eigenvalue weighted by molar-refractivity contribution is -0.384. The first-order valence-electron chi connectivity index (χ1n) is 16.7. The summed E-state index contributed by atoms with van der Waals surface area (Å²) in [5.41, 5.74) is -1.63. The summed E-state index contributed by atoms with van der Waals surface area (Å²) < 4.78 is 38.7. The van der Waals surface area contributed by atoms with Gasteiger partial charge in [-0.05, 0) is 95.9 Å². The van der Waals surface area contributed by atoms with Gasteiger partial charge in [-0.2, -0.15) is 0 Å². The molecule has 1 saturated carbocycles. The van der Waals surface area contributed by atoms with E-state index in [1.807, 2.05) is 0 Å². The molecule has 5 rings (SSSR count). The second kappa shape index (κ2) is 16.3. The lowest BCUT2D eigenvalue weighted by Crippen LogP contribution is -2.65. The molecule has 0 radical (unpaired) electrons. The van der Waals surface area contributed by atoms with Crippen LogP contribution in [0.15, 0.2) is 46.6 Å². The van der Waals surface area contributed by atoms with E-state index in [1.165, 1.54) is 43.5 Å². The Labute approximate surface area is 304 Å². The van der Waals surface area contributed by atoms with Gasteiger partial charge in [0, 0.05) is 36.8 Å². The highest BCUT2D eigenvalue weighted by Gasteiger charge is 2.63. The molecule has 3 aliphatic heterocycles. The highest BCUT2D eigenvalue weighted by atomic mass is 127. The Balaban J connectivity index is 1.45. The lowest BCUT2D eigenvalue weighted by atomic mass is 9.82. The number of fused-ring (bicyclic) bond motifs is 3. The molecule has 1 aliphatic carbocycles. The average Bonchev–Trinajstić information content (AvgIpc) is 3.44. The first-order chi connectivity index (χ1) is 23.3. The number of non-ortho nitro benzene ring substituents is 1. The summed E-state index contributed by atoms with van der Waals surface area (Å²) in [6.45, 7) is 5.53. The molecule has 4 aliphatic rings. The first-order valence-corrected chi connectivity index (χ1v) is 18.2. The van der Waals surface area contributed by atoms with Crippen LogP contribution < -0.4 is 0 Å². The van der Waals surface area contributed by atoms with Crippen molar-refractivity contribution in [3.8, 4) is 0 Å². The fraction of sp³-hybridized carbons (Fsp3) is 0.629. The third-order valence-corrected chi connectivity index (χ3v) is 10.4. The summed E-state index contributed by atoms with van der Waals surface area (Å²) in [5, 5.41) is 11.0. The van der Waals surface area contributed by atoms with Gasteiger partial charge >= 0.3 is 11.9 Å². The summed E-state index contributed by atoms with van der Waals surface area (Å²) in [6, 6.07) is 5.09. The molecule has 1 aromatic rings. The van der Waals surface area contributed by atoms with E-state index < -0.39 is 52.8 Å². The predicted molar refractivity (Wildman–Crippen MR) is 186 cm³/mol. The molecule has 1 unspecified atom stereocenters. The summed E-state index contributed by atoms with van der Waals surface area (Å²) >= 11 is 8.51. The van der Waals surface area contributed by atoms with Crippen molar-refractivity contribution in [3.05, 3.63) is 62.3 Å². The van der Waals surface area contributed by atoms with Crippen LogP contribution in [0.5, 0.6) is 0 Å². The topological polar surface area (TPSA) is 150 Å². The minimum Gasteiger partial charge on any atom is -0.469 e. The van der Waals surface area contributed by atoms with E-state index in [0.29, 0.717) is 38.5 Å². The highest BCUT2D eigenvalue weighted by Crippen LogP contribution is 2.49. The average molecular weight is 816 g/mol. The van der Waals surface area contributed by atoms with Crippen molar-refractivity contribution < 1.29 is 47.7 Å². The molecule has 3 heterocycles. The van der Waals surface area contributed by atoms with Crippen molar-refractivity contribution >= 4 is 57.6 Å². The summed E-state index contributed by atoms with van der Waals surface area (Å²) in [6.07, 6.45) is 5.76. The Morgan fingerprint density at radius 1 is 1.12 bits per heavy atom. The number of nitro groups is 1. The van der Waals surface area contributed by atoms with E-state index >= 15 is 0 Å². The van der Waals surface area contributed by atoms with Gasteiger partial charge in [0.15, 0.2) is 17.2 Å². The van der Waals surface area contributed by atoms with Crippen LogP contribution in [0.2, 0.25) is 0 Å². The van der Waals surface area contributed by atoms with Crippen LogP contribution in [0, 0.1) is 10.1 Å². The molecular formula is C35H43ClINO11. The highest BCUT2D eigenvalue weighted by molar-refractivity contribution is 14.1. The number of ether oxygens (including phenoxy) is 6. The van der Waals surface area contributed by atoms with Crippen molar-refractivity contribution in [1.82, 2.24) is 0 Å². The maximum Gasteiger partial charge on any atom is 0.339 e. The van der Waals surface area contributed by atoms with Gasteiger partial charge in [0.25, 0.3) is 5.69 Å². The molecule has 8 atom stereocenters. The van der Waals surface area contributed by atoms with E-state index in [-0.39, 0.29) is 47.3 Å². The molecule has 268 valence electrons. The minimum absolute atomic E-state index is 0.0878. The van der Waals surface area contributed by atoms with E-state index in [1.54, 1.807) is 6.92 Å². The number of halogens is 2. The summed E-state index contributed by atoms with van der Waals surface area (Å²) in [4.78, 5) is 49.6. The van der Waals surface area contributed by atoms with Gasteiger partial charge in [0.05, 0.1) is 36.2 Å². The Bertz CT molecular complexity index is 1430. The van der Waals surface area contributed by atoms with Crippen LogP contribution >= 0.6 is 34.2 Å². The van der Waals surface area contributed by atoms with Gasteiger partial charge in [-0.1, -0.05) is 13.0 Å². The molecule has 0 N–H and O–H groups in total. The number of esters is 2. The number of alkyl halides is 1. The van der Waals surface area contributed by atoms with Gasteiger partial charge in [0.1, 0.15) is 24.4 Å². The SMILES string of the molecule is C=C(I)C[C@H](Cl)CCC(=O)/C=C/[C@@](C)(OC(=O)c1ccc([N+](=O)[O-])cc1)C1O[C@H]2CC[C@H](CC(=O)OC)O[C@@H]2[C@@H]2OC3(CCCCC3)O[C@H]12. The number of rotatable bonds is 13. The number of nitrogens with zero attached hydrogens (tertiary/aromatic N) is 1. The number of hydrogen-bond donors (Lipinski definition) is 0. The number of carbonyl (C=O) groups excluding carboxylic acids is 3. The van der Waals surface area contributed by atoms with Crippen LogP contribution in [-0.4, -0.2) is 83.1 Å². The number of ketones is 1. The predicted octanol–water partition coefficient (Wildman–Crippen LogP) is 6.68. The van der Waals surface area contributed by atoms with E-state index in [0.717, 1.165) is 22.8 Å². The molecular weight excluding hydrogens is 773 g/mol. The number of hydrogen-bond acceptors (Lipinski definition) is 11. The summed E-state index contributed by atoms with van der Waals surface area (Å²) in [5.74, 6) is -2.22. The smallest absolute Gasteiger partial charge is 0.339 e. The Hall–Kier alpha value is -2.43. The van der Waals surface area contributed by atoms with Crippen molar-refractivity contribution in [3.63, 3.8) is 0 Å². The molecule has 4 fully saturated rings. The zero-order chi connectivity index (χ0) is 35.3. The first kappa shape index (κ1) is 37.8. The van der Waals surface area contributed by atoms with Gasteiger partial charge in [0.2, 0.25) is 0 Å². The Kier molecular flexibility index (Phi) is 12.6. The molecule has 12 nitrogen and oxygen atoms in total. The van der Waals surface area contributed by atoms with Crippen molar-refractivity contribution in [2.45, 2.75) is 131 Å². The normalized spacial score (nSPS) is 29.3. The molecule has 0 bridgehead atoms. The van der Waals surface area contributed by atoms with Crippen LogP contribution in [0.3, 0.4) is 0 Å². The van der Waals surface area contributed by atoms with Crippen LogP contribution in [0.4, 0.5) is 5.69 Å². The minimum atomic E-state index is -1.55. The number of methoxy groups -OCH3 is 1. The Morgan fingerprint density at radius 2 is 1.82 bits per heavy atom. The molecule has 3 saturated heterocycles. The van der Waals surface area contributed by atoms with Gasteiger partial charge < -0.3 is 28.4 Å². The fourth-order valence-electron chi connectivity index (χ4n) is 7.09. The van der Waals surface area contributed by atoms with E-state index in [9.17, 15) is 24.5 Å². The largest absolute Gasteiger partial charge is 0.469 e. The van der Waals surface area contributed by atoms with Crippen molar-refractivity contribution in [1.29, 1.82) is 0 Å². The number of nitro benzene ring substituents is 1. The number of benzene rings is 1. The zero-order valence-corrected chi connectivity index (χ0v) is 30.6. The van der Waals surface area contributed by atoms with E-state index in [2.05, 4.69) is 29.2 Å². The zero-order valence-electron chi connectivity index (χ0n) is 27.7. The molecule has 1 aromatic carbocycles. The lowest BCUT2D eigenvalue weighted by Gasteiger charge is -2.50. The molecule has 49 heavy (non-hydrogen) atoms. The van der Waals surface area contributed by atoms with Crippen molar-refractivity contribution in [2.24, 2.45) is 0 Å². The maximum atomic E-state index is 13.7. The van der Waals surface area contributed by atoms with Crippen LogP contribution in [0.25, 0.3) is 0 Å². The molecule has 14 heteroatoms. The number of carbonyl (C=O) groups is 3. The monoisotopic (exact) mass is 815 g/mol. The fourth-order valence-corrected chi connectivity index (χ4v) is 8.18. The van der Waals surface area contributed by atoms with Gasteiger partial charge in [-0.25, -0.2) is 4.79 Å². The maximum absolute atomic E-state index is 13.7. The molecule has 1 spiro atoms. The van der Waals surface area contributed by atoms with Crippen LogP contribution in [-0.2, 0) is 38.0 Å². The molecule has 0 aromatic heterocycles. The molecule has 0 amide bonds. The third kappa shape index (κ3) is 9.28. The van der Waals surface area contributed by atoms with Gasteiger partial charge in [-0.15, -0.1) is 11.6 Å². The van der Waals surface area contributed by atoms with Crippen molar-refractivity contribution in [2.75, 3.05) is 7.11 Å². The second-order valence-electron chi connectivity index (χ2n) is 13.3. The van der Waals surface area contributed by atoms with E-state index in [4.69, 9.17) is 40.0 Å². The third-order valence-electron chi connectivity index (χ3n) is 9.63. The standard InChI is InChI=1S/C35H43ClINO11/c1-21(37)19-23(36)9-12-25(39)15-18-34(2,49-33(41)22-7-10-24(11-8-22)38(42)43)32-31-30(47-35(48-31)16-5-4-6-17-35)29-27(46-32)14-13-26(45-29)20-28(40)44-3/h7-8,10-11,15,18,23,26-27,29-32H,1,4-6,9,12-14,16-17,19-20H2,2-3H3/b18-15+/t23-,26-,27+,29+,30+,31+,32?,34-/m1/s1. The second-order valence-corrected chi connectivity index (χ2v) is 15.5. The number of allylic oxidation sites excluding steroid dienone is 2.